The Morgan fingerprint density at radius 1 is 1.32 bits per heavy atom. The van der Waals surface area contributed by atoms with Gasteiger partial charge in [0.15, 0.2) is 0 Å². The summed E-state index contributed by atoms with van der Waals surface area (Å²) in [6.07, 6.45) is 3.00. The smallest absolute Gasteiger partial charge is 0.317 e. The molecule has 0 saturated carbocycles. The van der Waals surface area contributed by atoms with Gasteiger partial charge in [0.05, 0.1) is 13.1 Å². The van der Waals surface area contributed by atoms with E-state index in [0.717, 1.165) is 37.9 Å². The number of likely N-dealkylation sites (N-methyl/N-ethyl adjacent to an activating group) is 1. The third-order valence-corrected chi connectivity index (χ3v) is 4.66. The Morgan fingerprint density at radius 3 is 2.88 bits per heavy atom. The van der Waals surface area contributed by atoms with E-state index in [4.69, 9.17) is 9.63 Å². The molecule has 25 heavy (non-hydrogen) atoms. The average Bonchev–Trinajstić information content (AvgIpc) is 2.93. The summed E-state index contributed by atoms with van der Waals surface area (Å²) in [5.41, 5.74) is 0.948. The Labute approximate surface area is 147 Å². The van der Waals surface area contributed by atoms with E-state index in [1.807, 2.05) is 42.3 Å². The standard InChI is InChI=1S/C18H24N4O3/c1-21(13-17(23)24)15-8-5-10-22(11-9-15)12-16-19-18(20-25-16)14-6-3-2-4-7-14/h2-4,6-7,15H,5,8-13H2,1H3,(H,23,24). The number of aliphatic carboxylic acids is 1. The number of carbonyl (C=O) groups is 1. The average molecular weight is 344 g/mol. The normalized spacial score (nSPS) is 19.0. The molecule has 1 unspecified atom stereocenters. The van der Waals surface area contributed by atoms with Gasteiger partial charge in [-0.05, 0) is 32.9 Å². The van der Waals surface area contributed by atoms with Crippen molar-refractivity contribution in [2.45, 2.75) is 31.8 Å². The van der Waals surface area contributed by atoms with Crippen molar-refractivity contribution >= 4 is 5.97 Å². The van der Waals surface area contributed by atoms with Gasteiger partial charge in [0, 0.05) is 18.2 Å². The zero-order valence-electron chi connectivity index (χ0n) is 14.5. The van der Waals surface area contributed by atoms with Crippen LogP contribution in [0.25, 0.3) is 11.4 Å². The second-order valence-electron chi connectivity index (χ2n) is 6.55. The fourth-order valence-electron chi connectivity index (χ4n) is 3.29. The van der Waals surface area contributed by atoms with E-state index in [9.17, 15) is 4.79 Å². The lowest BCUT2D eigenvalue weighted by molar-refractivity contribution is -0.138. The maximum absolute atomic E-state index is 10.9. The van der Waals surface area contributed by atoms with Gasteiger partial charge in [0.2, 0.25) is 11.7 Å². The molecule has 1 aromatic heterocycles. The van der Waals surface area contributed by atoms with Crippen LogP contribution in [0.15, 0.2) is 34.9 Å². The van der Waals surface area contributed by atoms with Crippen molar-refractivity contribution in [3.8, 4) is 11.4 Å². The number of likely N-dealkylation sites (tertiary alicyclic amines) is 1. The zero-order valence-corrected chi connectivity index (χ0v) is 14.5. The van der Waals surface area contributed by atoms with E-state index in [-0.39, 0.29) is 6.54 Å². The molecule has 3 rings (SSSR count). The highest BCUT2D eigenvalue weighted by Crippen LogP contribution is 2.19. The first-order chi connectivity index (χ1) is 12.1. The number of benzene rings is 1. The van der Waals surface area contributed by atoms with Crippen molar-refractivity contribution in [3.05, 3.63) is 36.2 Å². The van der Waals surface area contributed by atoms with Crippen molar-refractivity contribution in [2.24, 2.45) is 0 Å². The molecule has 0 spiro atoms. The van der Waals surface area contributed by atoms with Gasteiger partial charge in [-0.25, -0.2) is 0 Å². The largest absolute Gasteiger partial charge is 0.480 e. The van der Waals surface area contributed by atoms with E-state index in [1.54, 1.807) is 0 Å². The first-order valence-corrected chi connectivity index (χ1v) is 8.64. The molecule has 134 valence electrons. The first kappa shape index (κ1) is 17.6. The van der Waals surface area contributed by atoms with Gasteiger partial charge in [0.1, 0.15) is 0 Å². The second-order valence-corrected chi connectivity index (χ2v) is 6.55. The van der Waals surface area contributed by atoms with Crippen LogP contribution in [0.3, 0.4) is 0 Å². The molecular formula is C18H24N4O3. The van der Waals surface area contributed by atoms with Crippen molar-refractivity contribution in [1.29, 1.82) is 0 Å². The van der Waals surface area contributed by atoms with E-state index in [0.29, 0.717) is 24.3 Å². The van der Waals surface area contributed by atoms with Gasteiger partial charge in [-0.15, -0.1) is 0 Å². The minimum atomic E-state index is -0.775. The van der Waals surface area contributed by atoms with Crippen LogP contribution < -0.4 is 0 Å². The molecule has 0 amide bonds. The van der Waals surface area contributed by atoms with Crippen molar-refractivity contribution in [1.82, 2.24) is 19.9 Å². The molecule has 1 aliphatic heterocycles. The maximum atomic E-state index is 10.9. The van der Waals surface area contributed by atoms with Crippen LogP contribution in [0.4, 0.5) is 0 Å². The number of aromatic nitrogens is 2. The van der Waals surface area contributed by atoms with E-state index < -0.39 is 5.97 Å². The van der Waals surface area contributed by atoms with E-state index in [1.165, 1.54) is 0 Å². The molecule has 2 heterocycles. The lowest BCUT2D eigenvalue weighted by atomic mass is 10.1. The highest BCUT2D eigenvalue weighted by atomic mass is 16.5. The molecule has 1 atom stereocenters. The number of hydrogen-bond donors (Lipinski definition) is 1. The molecule has 0 aliphatic carbocycles. The highest BCUT2D eigenvalue weighted by Gasteiger charge is 2.22. The van der Waals surface area contributed by atoms with Gasteiger partial charge in [0.25, 0.3) is 0 Å². The van der Waals surface area contributed by atoms with Crippen molar-refractivity contribution in [2.75, 3.05) is 26.7 Å². The predicted octanol–water partition coefficient (Wildman–Crippen LogP) is 2.11. The fourth-order valence-corrected chi connectivity index (χ4v) is 3.29. The summed E-state index contributed by atoms with van der Waals surface area (Å²) in [6, 6.07) is 10.1. The number of rotatable bonds is 6. The Morgan fingerprint density at radius 2 is 2.12 bits per heavy atom. The van der Waals surface area contributed by atoms with Crippen LogP contribution in [0.5, 0.6) is 0 Å². The molecule has 1 aromatic carbocycles. The number of carboxylic acid groups (broad SMARTS) is 1. The molecule has 1 N–H and O–H groups in total. The second kappa shape index (κ2) is 8.22. The fraction of sp³-hybridized carbons (Fsp3) is 0.500. The number of nitrogens with zero attached hydrogens (tertiary/aromatic N) is 4. The van der Waals surface area contributed by atoms with E-state index >= 15 is 0 Å². The molecule has 1 fully saturated rings. The molecule has 7 heteroatoms. The summed E-state index contributed by atoms with van der Waals surface area (Å²) >= 11 is 0. The monoisotopic (exact) mass is 344 g/mol. The molecule has 1 aliphatic rings. The summed E-state index contributed by atoms with van der Waals surface area (Å²) in [6.45, 7) is 2.59. The summed E-state index contributed by atoms with van der Waals surface area (Å²) in [7, 11) is 1.89. The van der Waals surface area contributed by atoms with Gasteiger partial charge in [-0.3, -0.25) is 14.6 Å². The summed E-state index contributed by atoms with van der Waals surface area (Å²) < 4.78 is 5.40. The molecule has 2 aromatic rings. The predicted molar refractivity (Wildman–Crippen MR) is 92.9 cm³/mol. The van der Waals surface area contributed by atoms with Crippen molar-refractivity contribution < 1.29 is 14.4 Å². The summed E-state index contributed by atoms with van der Waals surface area (Å²) in [4.78, 5) is 19.6. The highest BCUT2D eigenvalue weighted by molar-refractivity contribution is 5.69. The Balaban J connectivity index is 1.55. The lowest BCUT2D eigenvalue weighted by Gasteiger charge is -2.25. The van der Waals surface area contributed by atoms with E-state index in [2.05, 4.69) is 15.0 Å². The minimum absolute atomic E-state index is 0.0920. The van der Waals surface area contributed by atoms with Gasteiger partial charge in [-0.1, -0.05) is 35.5 Å². The van der Waals surface area contributed by atoms with Crippen LogP contribution in [0.1, 0.15) is 25.2 Å². The molecule has 7 nitrogen and oxygen atoms in total. The Bertz CT molecular complexity index is 689. The van der Waals surface area contributed by atoms with Crippen LogP contribution in [0, 0.1) is 0 Å². The summed E-state index contributed by atoms with van der Waals surface area (Å²) in [5.74, 6) is 0.462. The molecule has 0 bridgehead atoms. The third-order valence-electron chi connectivity index (χ3n) is 4.66. The zero-order chi connectivity index (χ0) is 17.6. The van der Waals surface area contributed by atoms with Gasteiger partial charge >= 0.3 is 5.97 Å². The Hall–Kier alpha value is -2.25. The molecule has 1 saturated heterocycles. The van der Waals surface area contributed by atoms with Crippen LogP contribution in [-0.4, -0.2) is 63.7 Å². The summed E-state index contributed by atoms with van der Waals surface area (Å²) in [5, 5.41) is 13.0. The third kappa shape index (κ3) is 4.87. The topological polar surface area (TPSA) is 82.7 Å². The Kier molecular flexibility index (Phi) is 5.78. The van der Waals surface area contributed by atoms with Gasteiger partial charge < -0.3 is 9.63 Å². The first-order valence-electron chi connectivity index (χ1n) is 8.64. The molecule has 0 radical (unpaired) electrons. The lowest BCUT2D eigenvalue weighted by Crippen LogP contribution is -2.36. The minimum Gasteiger partial charge on any atom is -0.480 e. The number of carboxylic acids is 1. The van der Waals surface area contributed by atoms with Gasteiger partial charge in [-0.2, -0.15) is 4.98 Å². The van der Waals surface area contributed by atoms with Crippen molar-refractivity contribution in [3.63, 3.8) is 0 Å². The van der Waals surface area contributed by atoms with Crippen LogP contribution in [0.2, 0.25) is 0 Å². The van der Waals surface area contributed by atoms with Crippen LogP contribution >= 0.6 is 0 Å². The van der Waals surface area contributed by atoms with Crippen LogP contribution in [-0.2, 0) is 11.3 Å². The molecular weight excluding hydrogens is 320 g/mol. The maximum Gasteiger partial charge on any atom is 0.317 e. The number of hydrogen-bond acceptors (Lipinski definition) is 6. The SMILES string of the molecule is CN(CC(=O)O)C1CCCN(Cc2nc(-c3ccccc3)no2)CC1. The quantitative estimate of drug-likeness (QED) is 0.859.